The van der Waals surface area contributed by atoms with Crippen molar-refractivity contribution in [1.29, 1.82) is 5.53 Å². The molecule has 1 rings (SSSR count). The number of methoxy groups -OCH3 is 1. The van der Waals surface area contributed by atoms with E-state index in [0.717, 1.165) is 25.7 Å². The SMILES string of the molecule is COC(=O)[C@H]1CC[C@@H](CN=N)CC1. The fourth-order valence-electron chi connectivity index (χ4n) is 1.88. The lowest BCUT2D eigenvalue weighted by Gasteiger charge is -2.25. The molecular formula is C9H16N2O2. The molecule has 4 nitrogen and oxygen atoms in total. The average Bonchev–Trinajstić information content (AvgIpc) is 2.18. The zero-order chi connectivity index (χ0) is 9.68. The Kier molecular flexibility index (Phi) is 3.86. The van der Waals surface area contributed by atoms with Crippen molar-refractivity contribution < 1.29 is 9.53 Å². The van der Waals surface area contributed by atoms with Crippen LogP contribution in [0.5, 0.6) is 0 Å². The summed E-state index contributed by atoms with van der Waals surface area (Å²) in [5.74, 6) is 0.520. The van der Waals surface area contributed by atoms with Crippen molar-refractivity contribution in [1.82, 2.24) is 0 Å². The molecule has 0 aromatic carbocycles. The van der Waals surface area contributed by atoms with Crippen LogP contribution >= 0.6 is 0 Å². The summed E-state index contributed by atoms with van der Waals surface area (Å²) in [6.07, 6.45) is 3.80. The number of rotatable bonds is 3. The van der Waals surface area contributed by atoms with E-state index in [9.17, 15) is 4.79 Å². The summed E-state index contributed by atoms with van der Waals surface area (Å²) < 4.78 is 4.69. The van der Waals surface area contributed by atoms with Crippen molar-refractivity contribution in [3.05, 3.63) is 0 Å². The Morgan fingerprint density at radius 2 is 2.08 bits per heavy atom. The topological polar surface area (TPSA) is 62.5 Å². The van der Waals surface area contributed by atoms with Crippen LogP contribution in [0.15, 0.2) is 5.11 Å². The molecule has 4 heteroatoms. The van der Waals surface area contributed by atoms with Crippen molar-refractivity contribution >= 4 is 5.97 Å². The number of nitrogens with one attached hydrogen (secondary N) is 1. The van der Waals surface area contributed by atoms with Gasteiger partial charge >= 0.3 is 5.97 Å². The first-order valence-corrected chi connectivity index (χ1v) is 4.69. The maximum absolute atomic E-state index is 11.1. The van der Waals surface area contributed by atoms with Gasteiger partial charge in [-0.2, -0.15) is 5.11 Å². The lowest BCUT2D eigenvalue weighted by atomic mass is 9.82. The first kappa shape index (κ1) is 10.2. The summed E-state index contributed by atoms with van der Waals surface area (Å²) in [4.78, 5) is 11.1. The van der Waals surface area contributed by atoms with Gasteiger partial charge in [0.1, 0.15) is 0 Å². The monoisotopic (exact) mass is 184 g/mol. The van der Waals surface area contributed by atoms with E-state index in [2.05, 4.69) is 9.85 Å². The van der Waals surface area contributed by atoms with E-state index < -0.39 is 0 Å². The number of hydrogen-bond donors (Lipinski definition) is 1. The van der Waals surface area contributed by atoms with Gasteiger partial charge in [-0.1, -0.05) is 0 Å². The molecule has 0 aliphatic heterocycles. The van der Waals surface area contributed by atoms with E-state index in [1.54, 1.807) is 0 Å². The van der Waals surface area contributed by atoms with Gasteiger partial charge in [0, 0.05) is 0 Å². The number of carbonyl (C=O) groups excluding carboxylic acids is 1. The smallest absolute Gasteiger partial charge is 0.308 e. The van der Waals surface area contributed by atoms with Gasteiger partial charge in [0.15, 0.2) is 0 Å². The van der Waals surface area contributed by atoms with Crippen LogP contribution in [-0.4, -0.2) is 19.6 Å². The molecule has 0 unspecified atom stereocenters. The minimum absolute atomic E-state index is 0.0822. The molecule has 0 atom stereocenters. The van der Waals surface area contributed by atoms with Crippen LogP contribution in [0.1, 0.15) is 25.7 Å². The van der Waals surface area contributed by atoms with Crippen LogP contribution in [0.4, 0.5) is 0 Å². The minimum Gasteiger partial charge on any atom is -0.469 e. The normalized spacial score (nSPS) is 28.1. The highest BCUT2D eigenvalue weighted by Crippen LogP contribution is 2.29. The number of hydrogen-bond acceptors (Lipinski definition) is 4. The first-order valence-electron chi connectivity index (χ1n) is 4.69. The van der Waals surface area contributed by atoms with E-state index in [4.69, 9.17) is 5.53 Å². The highest BCUT2D eigenvalue weighted by Gasteiger charge is 2.26. The van der Waals surface area contributed by atoms with Crippen molar-refractivity contribution in [3.8, 4) is 0 Å². The fraction of sp³-hybridized carbons (Fsp3) is 0.889. The lowest BCUT2D eigenvalue weighted by molar-refractivity contribution is -0.146. The molecule has 1 aliphatic rings. The Bertz CT molecular complexity index is 186. The second-order valence-corrected chi connectivity index (χ2v) is 3.58. The van der Waals surface area contributed by atoms with Gasteiger partial charge in [0.2, 0.25) is 0 Å². The first-order chi connectivity index (χ1) is 6.27. The van der Waals surface area contributed by atoms with Crippen molar-refractivity contribution in [2.45, 2.75) is 25.7 Å². The van der Waals surface area contributed by atoms with Gasteiger partial charge in [-0.05, 0) is 31.6 Å². The van der Waals surface area contributed by atoms with Crippen LogP contribution in [0, 0.1) is 17.4 Å². The molecule has 0 heterocycles. The third kappa shape index (κ3) is 2.79. The average molecular weight is 184 g/mol. The van der Waals surface area contributed by atoms with Crippen LogP contribution in [-0.2, 0) is 9.53 Å². The maximum Gasteiger partial charge on any atom is 0.308 e. The minimum atomic E-state index is -0.0822. The van der Waals surface area contributed by atoms with E-state index >= 15 is 0 Å². The largest absolute Gasteiger partial charge is 0.469 e. The van der Waals surface area contributed by atoms with E-state index in [1.807, 2.05) is 0 Å². The number of esters is 1. The Morgan fingerprint density at radius 1 is 1.46 bits per heavy atom. The summed E-state index contributed by atoms with van der Waals surface area (Å²) in [5, 5.41) is 3.38. The van der Waals surface area contributed by atoms with Crippen LogP contribution in [0.3, 0.4) is 0 Å². The quantitative estimate of drug-likeness (QED) is 0.538. The highest BCUT2D eigenvalue weighted by atomic mass is 16.5. The van der Waals surface area contributed by atoms with Crippen LogP contribution < -0.4 is 0 Å². The third-order valence-corrected chi connectivity index (χ3v) is 2.73. The van der Waals surface area contributed by atoms with Gasteiger partial charge in [-0.3, -0.25) is 4.79 Å². The summed E-state index contributed by atoms with van der Waals surface area (Å²) >= 11 is 0. The molecular weight excluding hydrogens is 168 g/mol. The highest BCUT2D eigenvalue weighted by molar-refractivity contribution is 5.72. The van der Waals surface area contributed by atoms with Gasteiger partial charge in [-0.15, -0.1) is 0 Å². The van der Waals surface area contributed by atoms with Crippen molar-refractivity contribution in [3.63, 3.8) is 0 Å². The maximum atomic E-state index is 11.1. The van der Waals surface area contributed by atoms with Gasteiger partial charge < -0.3 is 4.74 Å². The van der Waals surface area contributed by atoms with Gasteiger partial charge in [-0.25, -0.2) is 5.53 Å². The predicted octanol–water partition coefficient (Wildman–Crippen LogP) is 2.00. The Hall–Kier alpha value is -0.930. The summed E-state index contributed by atoms with van der Waals surface area (Å²) in [6, 6.07) is 0. The lowest BCUT2D eigenvalue weighted by Crippen LogP contribution is -2.23. The molecule has 13 heavy (non-hydrogen) atoms. The van der Waals surface area contributed by atoms with E-state index in [1.165, 1.54) is 7.11 Å². The van der Waals surface area contributed by atoms with Crippen LogP contribution in [0.25, 0.3) is 0 Å². The summed E-state index contributed by atoms with van der Waals surface area (Å²) in [7, 11) is 1.44. The Labute approximate surface area is 78.2 Å². The molecule has 0 aromatic heterocycles. The van der Waals surface area contributed by atoms with Crippen molar-refractivity contribution in [2.75, 3.05) is 13.7 Å². The molecule has 0 aromatic rings. The van der Waals surface area contributed by atoms with Crippen LogP contribution in [0.2, 0.25) is 0 Å². The second-order valence-electron chi connectivity index (χ2n) is 3.58. The third-order valence-electron chi connectivity index (χ3n) is 2.73. The molecule has 74 valence electrons. The predicted molar refractivity (Wildman–Crippen MR) is 47.5 cm³/mol. The van der Waals surface area contributed by atoms with Gasteiger partial charge in [0.25, 0.3) is 0 Å². The Balaban J connectivity index is 2.30. The number of nitrogens with zero attached hydrogens (tertiary/aromatic N) is 1. The summed E-state index contributed by atoms with van der Waals surface area (Å²) in [5.41, 5.74) is 6.74. The molecule has 1 N–H and O–H groups in total. The molecule has 1 aliphatic carbocycles. The Morgan fingerprint density at radius 3 is 2.54 bits per heavy atom. The standard InChI is InChI=1S/C9H16N2O2/c1-13-9(12)8-4-2-7(3-5-8)6-11-10/h7-8,10H,2-6H2,1H3/t7-,8+. The number of ether oxygens (including phenoxy) is 1. The molecule has 0 bridgehead atoms. The zero-order valence-electron chi connectivity index (χ0n) is 7.95. The molecule has 0 amide bonds. The molecule has 0 saturated heterocycles. The molecule has 0 radical (unpaired) electrons. The van der Waals surface area contributed by atoms with E-state index in [0.29, 0.717) is 12.5 Å². The van der Waals surface area contributed by atoms with E-state index in [-0.39, 0.29) is 11.9 Å². The zero-order valence-corrected chi connectivity index (χ0v) is 7.95. The van der Waals surface area contributed by atoms with Gasteiger partial charge in [0.05, 0.1) is 19.6 Å². The molecule has 1 fully saturated rings. The fourth-order valence-corrected chi connectivity index (χ4v) is 1.88. The van der Waals surface area contributed by atoms with Crippen molar-refractivity contribution in [2.24, 2.45) is 17.0 Å². The molecule has 1 saturated carbocycles. The summed E-state index contributed by atoms with van der Waals surface area (Å²) in [6.45, 7) is 0.619. The second kappa shape index (κ2) is 4.94. The molecule has 0 spiro atoms. The number of carbonyl (C=O) groups is 1.